The van der Waals surface area contributed by atoms with Gasteiger partial charge in [0.1, 0.15) is 29.5 Å². The molecule has 22 heavy (non-hydrogen) atoms. The van der Waals surface area contributed by atoms with Crippen molar-refractivity contribution in [3.05, 3.63) is 0 Å². The Hall–Kier alpha value is -1.05. The highest BCUT2D eigenvalue weighted by Gasteiger charge is 2.82. The largest absolute Gasteiger partial charge is 0.393 e. The van der Waals surface area contributed by atoms with Crippen molar-refractivity contribution in [3.8, 4) is 0 Å². The molecule has 5 rings (SSSR count). The average Bonchev–Trinajstić information content (AvgIpc) is 2.45. The van der Waals surface area contributed by atoms with Crippen LogP contribution in [0.15, 0.2) is 4.99 Å². The number of rotatable bonds is 1. The Morgan fingerprint density at radius 3 is 2.45 bits per heavy atom. The van der Waals surface area contributed by atoms with E-state index in [9.17, 15) is 30.6 Å². The van der Waals surface area contributed by atoms with Crippen molar-refractivity contribution in [1.29, 1.82) is 0 Å². The molecule has 9 atom stereocenters. The monoisotopic (exact) mass is 319 g/mol. The van der Waals surface area contributed by atoms with Crippen molar-refractivity contribution in [1.82, 2.24) is 5.32 Å². The normalized spacial score (nSPS) is 62.4. The Bertz CT molecular complexity index is 561. The van der Waals surface area contributed by atoms with E-state index in [1.54, 1.807) is 0 Å². The van der Waals surface area contributed by atoms with Crippen molar-refractivity contribution in [3.63, 3.8) is 0 Å². The van der Waals surface area contributed by atoms with Crippen LogP contribution < -0.4 is 11.1 Å². The molecule has 9 N–H and O–H groups in total. The van der Waals surface area contributed by atoms with Crippen LogP contribution in [0.1, 0.15) is 0 Å². The van der Waals surface area contributed by atoms with Crippen molar-refractivity contribution in [2.75, 3.05) is 6.61 Å². The van der Waals surface area contributed by atoms with Crippen LogP contribution in [0.5, 0.6) is 0 Å². The molecule has 0 aromatic heterocycles. The number of ether oxygens (including phenoxy) is 2. The van der Waals surface area contributed by atoms with Gasteiger partial charge in [0.15, 0.2) is 18.3 Å². The third-order valence-electron chi connectivity index (χ3n) is 5.22. The SMILES string of the molecule is NC1=N[C@H](O)[C@@H]2[C@@H]3O[C@]4(O)O[C@@H]([C@@H](O)[C@@]2(N1)[C@@H]4O)[C@@]3(O)CO. The molecule has 1 spiro atoms. The molecule has 4 fully saturated rings. The molecule has 4 aliphatic heterocycles. The molecule has 124 valence electrons. The zero-order chi connectivity index (χ0) is 16.1. The van der Waals surface area contributed by atoms with Crippen LogP contribution in [0.3, 0.4) is 0 Å². The van der Waals surface area contributed by atoms with Crippen LogP contribution in [0, 0.1) is 5.92 Å². The standard InChI is InChI=1S/C11H17N3O8/c12-8-13-6(17)2-4-9(19,1-15)5-3(16)10(2,14-8)7(18)11(20,21-4)22-5/h2-7,15-20H,1H2,(H3,12,13,14)/t2-,3+,4-,5-,6+,7-,9+,10+,11-/m0/s1. The molecule has 0 radical (unpaired) electrons. The first-order valence-corrected chi connectivity index (χ1v) is 6.77. The van der Waals surface area contributed by atoms with E-state index in [1.165, 1.54) is 0 Å². The predicted octanol–water partition coefficient (Wildman–Crippen LogP) is -5.52. The summed E-state index contributed by atoms with van der Waals surface area (Å²) in [4.78, 5) is 3.70. The van der Waals surface area contributed by atoms with E-state index in [0.717, 1.165) is 0 Å². The van der Waals surface area contributed by atoms with E-state index in [1.807, 2.05) is 0 Å². The van der Waals surface area contributed by atoms with Gasteiger partial charge in [0.2, 0.25) is 0 Å². The third-order valence-corrected chi connectivity index (χ3v) is 5.22. The summed E-state index contributed by atoms with van der Waals surface area (Å²) < 4.78 is 10.3. The molecule has 0 aromatic carbocycles. The summed E-state index contributed by atoms with van der Waals surface area (Å²) >= 11 is 0. The number of aliphatic imine (C=N–C) groups is 1. The Morgan fingerprint density at radius 2 is 1.82 bits per heavy atom. The molecule has 0 unspecified atom stereocenters. The molecule has 4 heterocycles. The number of aliphatic hydroxyl groups excluding tert-OH is 4. The molecule has 0 amide bonds. The molecule has 11 heteroatoms. The summed E-state index contributed by atoms with van der Waals surface area (Å²) in [5.74, 6) is -3.95. The van der Waals surface area contributed by atoms with E-state index >= 15 is 0 Å². The smallest absolute Gasteiger partial charge is 0.311 e. The summed E-state index contributed by atoms with van der Waals surface area (Å²) in [6, 6.07) is 0. The van der Waals surface area contributed by atoms with Gasteiger partial charge in [-0.3, -0.25) is 0 Å². The molecule has 0 aromatic rings. The van der Waals surface area contributed by atoms with E-state index in [4.69, 9.17) is 15.2 Å². The first kappa shape index (κ1) is 14.5. The van der Waals surface area contributed by atoms with Crippen LogP contribution in [-0.2, 0) is 9.47 Å². The summed E-state index contributed by atoms with van der Waals surface area (Å²) in [5, 5.41) is 64.3. The van der Waals surface area contributed by atoms with Gasteiger partial charge in [-0.25, -0.2) is 4.99 Å². The third kappa shape index (κ3) is 1.28. The van der Waals surface area contributed by atoms with Crippen molar-refractivity contribution >= 4 is 5.96 Å². The Morgan fingerprint density at radius 1 is 1.18 bits per heavy atom. The summed E-state index contributed by atoms with van der Waals surface area (Å²) in [6.45, 7) is -0.857. The predicted molar refractivity (Wildman–Crippen MR) is 65.7 cm³/mol. The highest BCUT2D eigenvalue weighted by Crippen LogP contribution is 2.58. The fourth-order valence-corrected chi connectivity index (χ4v) is 4.24. The molecule has 1 saturated carbocycles. The molecule has 1 aliphatic carbocycles. The fraction of sp³-hybridized carbons (Fsp3) is 0.909. The quantitative estimate of drug-likeness (QED) is 0.231. The zero-order valence-corrected chi connectivity index (χ0v) is 11.2. The lowest BCUT2D eigenvalue weighted by molar-refractivity contribution is -0.548. The van der Waals surface area contributed by atoms with E-state index in [2.05, 4.69) is 10.3 Å². The van der Waals surface area contributed by atoms with Gasteiger partial charge < -0.3 is 51.2 Å². The minimum absolute atomic E-state index is 0.250. The van der Waals surface area contributed by atoms with Gasteiger partial charge >= 0.3 is 5.97 Å². The van der Waals surface area contributed by atoms with Gasteiger partial charge in [0.05, 0.1) is 12.5 Å². The summed E-state index contributed by atoms with van der Waals surface area (Å²) in [6.07, 6.45) is -7.77. The van der Waals surface area contributed by atoms with Gasteiger partial charge in [0.25, 0.3) is 0 Å². The number of guanidine groups is 1. The van der Waals surface area contributed by atoms with Crippen LogP contribution in [0.2, 0.25) is 0 Å². The lowest BCUT2D eigenvalue weighted by Gasteiger charge is -2.71. The van der Waals surface area contributed by atoms with Gasteiger partial charge in [-0.05, 0) is 0 Å². The van der Waals surface area contributed by atoms with Crippen LogP contribution >= 0.6 is 0 Å². The minimum Gasteiger partial charge on any atom is -0.393 e. The Balaban J connectivity index is 1.95. The average molecular weight is 319 g/mol. The first-order chi connectivity index (χ1) is 10.2. The summed E-state index contributed by atoms with van der Waals surface area (Å²) in [7, 11) is 0. The maximum absolute atomic E-state index is 10.6. The number of aliphatic hydroxyl groups is 6. The van der Waals surface area contributed by atoms with Crippen LogP contribution in [0.4, 0.5) is 0 Å². The highest BCUT2D eigenvalue weighted by molar-refractivity contribution is 5.80. The number of nitrogens with two attached hydrogens (primary N) is 1. The highest BCUT2D eigenvalue weighted by atomic mass is 16.9. The Kier molecular flexibility index (Phi) is 2.57. The van der Waals surface area contributed by atoms with Crippen molar-refractivity contribution in [2.45, 2.75) is 47.8 Å². The van der Waals surface area contributed by atoms with Gasteiger partial charge in [-0.2, -0.15) is 0 Å². The van der Waals surface area contributed by atoms with E-state index < -0.39 is 60.3 Å². The van der Waals surface area contributed by atoms with E-state index in [0.29, 0.717) is 0 Å². The number of hydrogen-bond acceptors (Lipinski definition) is 11. The molecule has 11 nitrogen and oxygen atoms in total. The topological polar surface area (TPSA) is 190 Å². The van der Waals surface area contributed by atoms with Gasteiger partial charge in [-0.1, -0.05) is 0 Å². The number of nitrogens with zero attached hydrogens (tertiary/aromatic N) is 1. The molecule has 4 bridgehead atoms. The van der Waals surface area contributed by atoms with Crippen LogP contribution in [-0.4, -0.2) is 91.0 Å². The second-order valence-corrected chi connectivity index (χ2v) is 6.22. The Labute approximate surface area is 123 Å². The molecular weight excluding hydrogens is 302 g/mol. The molecule has 5 aliphatic rings. The van der Waals surface area contributed by atoms with Gasteiger partial charge in [-0.15, -0.1) is 0 Å². The van der Waals surface area contributed by atoms with Gasteiger partial charge in [0, 0.05) is 0 Å². The summed E-state index contributed by atoms with van der Waals surface area (Å²) in [5.41, 5.74) is 1.74. The maximum atomic E-state index is 10.6. The maximum Gasteiger partial charge on any atom is 0.311 e. The second-order valence-electron chi connectivity index (χ2n) is 6.22. The van der Waals surface area contributed by atoms with Crippen LogP contribution in [0.25, 0.3) is 0 Å². The second kappa shape index (κ2) is 3.88. The minimum atomic E-state index is -2.52. The molecular formula is C11H17N3O8. The fourth-order valence-electron chi connectivity index (χ4n) is 4.24. The number of hydrogen-bond donors (Lipinski definition) is 8. The van der Waals surface area contributed by atoms with E-state index in [-0.39, 0.29) is 5.96 Å². The first-order valence-electron chi connectivity index (χ1n) is 6.77. The zero-order valence-electron chi connectivity index (χ0n) is 11.2. The lowest BCUT2D eigenvalue weighted by Crippen LogP contribution is -2.95. The lowest BCUT2D eigenvalue weighted by atomic mass is 9.55. The molecule has 3 saturated heterocycles. The number of nitrogens with one attached hydrogen (secondary N) is 1. The van der Waals surface area contributed by atoms with Crippen molar-refractivity contribution < 1.29 is 40.1 Å². The van der Waals surface area contributed by atoms with Crippen molar-refractivity contribution in [2.24, 2.45) is 16.6 Å².